The van der Waals surface area contributed by atoms with Crippen molar-refractivity contribution < 1.29 is 24.0 Å². The molecule has 0 saturated carbocycles. The molecular weight excluding hydrogens is 454 g/mol. The number of carbonyl (C=O) groups excluding carboxylic acids is 5. The van der Waals surface area contributed by atoms with E-state index in [-0.39, 0.29) is 18.4 Å². The Kier molecular flexibility index (Phi) is 6.70. The number of nitrogens with zero attached hydrogens (tertiary/aromatic N) is 1. The second kappa shape index (κ2) is 9.07. The van der Waals surface area contributed by atoms with E-state index in [1.54, 1.807) is 18.2 Å². The van der Waals surface area contributed by atoms with Crippen molar-refractivity contribution >= 4 is 45.5 Å². The summed E-state index contributed by atoms with van der Waals surface area (Å²) in [5, 5.41) is 2.19. The van der Waals surface area contributed by atoms with Crippen LogP contribution in [0.4, 0.5) is 0 Å². The molecule has 3 N–H and O–H groups in total. The van der Waals surface area contributed by atoms with Crippen LogP contribution in [0.15, 0.2) is 22.7 Å². The van der Waals surface area contributed by atoms with E-state index in [0.29, 0.717) is 22.9 Å². The van der Waals surface area contributed by atoms with Crippen LogP contribution in [0.1, 0.15) is 67.3 Å². The maximum atomic E-state index is 13.5. The molecular formula is C21H24BrN3O5. The fraction of sp³-hybridized carbons (Fsp3) is 0.476. The SMILES string of the molecule is CCCCCC(C(N)=O)C1C(=O)N(C2CCC(=O)NC2=O)C(=O)c2cc(Br)ccc21. The Balaban J connectivity index is 2.07. The number of unbranched alkanes of at least 4 members (excludes halogenated alkanes) is 2. The lowest BCUT2D eigenvalue weighted by Crippen LogP contribution is -2.59. The number of benzene rings is 1. The first-order valence-corrected chi connectivity index (χ1v) is 10.8. The van der Waals surface area contributed by atoms with E-state index in [0.717, 1.165) is 17.7 Å². The van der Waals surface area contributed by atoms with Crippen LogP contribution in [0.3, 0.4) is 0 Å². The molecule has 8 nitrogen and oxygen atoms in total. The number of hydrogen-bond acceptors (Lipinski definition) is 5. The Hall–Kier alpha value is -2.55. The third kappa shape index (κ3) is 4.16. The molecule has 0 aromatic heterocycles. The number of hydrogen-bond donors (Lipinski definition) is 2. The molecule has 9 heteroatoms. The maximum Gasteiger partial charge on any atom is 0.261 e. The first kappa shape index (κ1) is 22.1. The third-order valence-corrected chi connectivity index (χ3v) is 6.20. The van der Waals surface area contributed by atoms with Crippen LogP contribution < -0.4 is 11.1 Å². The highest BCUT2D eigenvalue weighted by atomic mass is 79.9. The Morgan fingerprint density at radius 3 is 2.63 bits per heavy atom. The summed E-state index contributed by atoms with van der Waals surface area (Å²) < 4.78 is 0.632. The predicted octanol–water partition coefficient (Wildman–Crippen LogP) is 2.00. The van der Waals surface area contributed by atoms with E-state index < -0.39 is 47.4 Å². The molecule has 3 atom stereocenters. The molecule has 0 spiro atoms. The number of nitrogens with two attached hydrogens (primary N) is 1. The van der Waals surface area contributed by atoms with Gasteiger partial charge in [-0.2, -0.15) is 0 Å². The van der Waals surface area contributed by atoms with Crippen LogP contribution in [0, 0.1) is 5.92 Å². The molecule has 2 aliphatic heterocycles. The van der Waals surface area contributed by atoms with Gasteiger partial charge in [0.2, 0.25) is 23.6 Å². The molecule has 2 aliphatic rings. The minimum absolute atomic E-state index is 0.0270. The van der Waals surface area contributed by atoms with E-state index in [1.165, 1.54) is 0 Å². The van der Waals surface area contributed by atoms with E-state index in [9.17, 15) is 24.0 Å². The lowest BCUT2D eigenvalue weighted by atomic mass is 9.76. The number of primary amides is 1. The fourth-order valence-electron chi connectivity index (χ4n) is 4.20. The second-order valence-electron chi connectivity index (χ2n) is 7.69. The van der Waals surface area contributed by atoms with Crippen molar-refractivity contribution in [3.8, 4) is 0 Å². The van der Waals surface area contributed by atoms with Gasteiger partial charge in [-0.15, -0.1) is 0 Å². The van der Waals surface area contributed by atoms with Gasteiger partial charge in [-0.3, -0.25) is 34.2 Å². The van der Waals surface area contributed by atoms with Crippen LogP contribution >= 0.6 is 15.9 Å². The van der Waals surface area contributed by atoms with Gasteiger partial charge in [0.15, 0.2) is 0 Å². The molecule has 3 unspecified atom stereocenters. The molecule has 5 amide bonds. The van der Waals surface area contributed by atoms with Gasteiger partial charge in [0.25, 0.3) is 5.91 Å². The van der Waals surface area contributed by atoms with Gasteiger partial charge in [-0.05, 0) is 30.5 Å². The van der Waals surface area contributed by atoms with Crippen LogP contribution in [0.2, 0.25) is 0 Å². The zero-order valence-electron chi connectivity index (χ0n) is 16.7. The second-order valence-corrected chi connectivity index (χ2v) is 8.61. The highest BCUT2D eigenvalue weighted by Gasteiger charge is 2.49. The van der Waals surface area contributed by atoms with Crippen LogP contribution in [0.5, 0.6) is 0 Å². The number of amides is 5. The summed E-state index contributed by atoms with van der Waals surface area (Å²) in [6, 6.07) is 3.84. The zero-order chi connectivity index (χ0) is 22.0. The molecule has 3 rings (SSSR count). The van der Waals surface area contributed by atoms with Gasteiger partial charge in [-0.1, -0.05) is 48.2 Å². The first-order chi connectivity index (χ1) is 14.3. The van der Waals surface area contributed by atoms with Gasteiger partial charge in [0.05, 0.1) is 11.8 Å². The Bertz CT molecular complexity index is 916. The number of halogens is 1. The van der Waals surface area contributed by atoms with E-state index in [4.69, 9.17) is 5.73 Å². The standard InChI is InChI=1S/C21H24BrN3O5/c1-2-3-4-5-13(18(23)27)17-12-7-6-11(22)10-14(12)20(29)25(21(17)30)15-8-9-16(26)24-19(15)28/h6-7,10,13,15,17H,2-5,8-9H2,1H3,(H2,23,27)(H,24,26,28). The van der Waals surface area contributed by atoms with Crippen molar-refractivity contribution in [2.45, 2.75) is 57.4 Å². The molecule has 1 saturated heterocycles. The molecule has 1 fully saturated rings. The van der Waals surface area contributed by atoms with Gasteiger partial charge >= 0.3 is 0 Å². The summed E-state index contributed by atoms with van der Waals surface area (Å²) in [5.41, 5.74) is 6.37. The molecule has 0 radical (unpaired) electrons. The van der Waals surface area contributed by atoms with Crippen molar-refractivity contribution in [1.29, 1.82) is 0 Å². The van der Waals surface area contributed by atoms with Crippen LogP contribution in [-0.2, 0) is 19.2 Å². The van der Waals surface area contributed by atoms with Crippen LogP contribution in [0.25, 0.3) is 0 Å². The Morgan fingerprint density at radius 1 is 1.27 bits per heavy atom. The van der Waals surface area contributed by atoms with Crippen molar-refractivity contribution in [3.63, 3.8) is 0 Å². The molecule has 0 bridgehead atoms. The summed E-state index contributed by atoms with van der Waals surface area (Å²) in [6.45, 7) is 2.03. The molecule has 0 aliphatic carbocycles. The maximum absolute atomic E-state index is 13.5. The molecule has 1 aromatic rings. The number of piperidine rings is 1. The monoisotopic (exact) mass is 477 g/mol. The molecule has 1 aromatic carbocycles. The summed E-state index contributed by atoms with van der Waals surface area (Å²) in [6.07, 6.45) is 3.02. The minimum Gasteiger partial charge on any atom is -0.369 e. The number of rotatable bonds is 7. The van der Waals surface area contributed by atoms with Gasteiger partial charge in [-0.25, -0.2) is 0 Å². The molecule has 160 valence electrons. The number of imide groups is 2. The Labute approximate surface area is 182 Å². The normalized spacial score (nSPS) is 22.5. The highest BCUT2D eigenvalue weighted by molar-refractivity contribution is 9.10. The molecule has 30 heavy (non-hydrogen) atoms. The van der Waals surface area contributed by atoms with Gasteiger partial charge in [0, 0.05) is 16.5 Å². The number of nitrogens with one attached hydrogen (secondary N) is 1. The van der Waals surface area contributed by atoms with Crippen LogP contribution in [-0.4, -0.2) is 40.5 Å². The quantitative estimate of drug-likeness (QED) is 0.458. The van der Waals surface area contributed by atoms with Crippen molar-refractivity contribution in [2.75, 3.05) is 0 Å². The summed E-state index contributed by atoms with van der Waals surface area (Å²) in [4.78, 5) is 63.9. The number of carbonyl (C=O) groups is 5. The smallest absolute Gasteiger partial charge is 0.261 e. The minimum atomic E-state index is -1.10. The Morgan fingerprint density at radius 2 is 2.00 bits per heavy atom. The lowest BCUT2D eigenvalue weighted by molar-refractivity contribution is -0.146. The van der Waals surface area contributed by atoms with Gasteiger partial charge in [0.1, 0.15) is 6.04 Å². The zero-order valence-corrected chi connectivity index (χ0v) is 18.2. The fourth-order valence-corrected chi connectivity index (χ4v) is 4.56. The molecule has 2 heterocycles. The summed E-state index contributed by atoms with van der Waals surface area (Å²) in [7, 11) is 0. The third-order valence-electron chi connectivity index (χ3n) is 5.71. The van der Waals surface area contributed by atoms with Crippen molar-refractivity contribution in [2.24, 2.45) is 11.7 Å². The van der Waals surface area contributed by atoms with Crippen molar-refractivity contribution in [1.82, 2.24) is 10.2 Å². The van der Waals surface area contributed by atoms with E-state index >= 15 is 0 Å². The highest BCUT2D eigenvalue weighted by Crippen LogP contribution is 2.39. The summed E-state index contributed by atoms with van der Waals surface area (Å²) >= 11 is 3.33. The first-order valence-electron chi connectivity index (χ1n) is 10.1. The summed E-state index contributed by atoms with van der Waals surface area (Å²) in [5.74, 6) is -4.73. The number of fused-ring (bicyclic) bond motifs is 1. The predicted molar refractivity (Wildman–Crippen MR) is 111 cm³/mol. The topological polar surface area (TPSA) is 127 Å². The largest absolute Gasteiger partial charge is 0.369 e. The van der Waals surface area contributed by atoms with Crippen molar-refractivity contribution in [3.05, 3.63) is 33.8 Å². The van der Waals surface area contributed by atoms with Gasteiger partial charge < -0.3 is 5.73 Å². The lowest BCUT2D eigenvalue weighted by Gasteiger charge is -2.39. The average Bonchev–Trinajstić information content (AvgIpc) is 2.68. The van der Waals surface area contributed by atoms with E-state index in [2.05, 4.69) is 21.2 Å². The van der Waals surface area contributed by atoms with E-state index in [1.807, 2.05) is 6.92 Å². The average molecular weight is 478 g/mol.